The fourth-order valence-corrected chi connectivity index (χ4v) is 3.63. The molecule has 2 N–H and O–H groups in total. The first-order valence-corrected chi connectivity index (χ1v) is 8.60. The Morgan fingerprint density at radius 2 is 2.04 bits per heavy atom. The molecule has 1 aromatic carbocycles. The molecule has 7 heteroatoms. The van der Waals surface area contributed by atoms with Gasteiger partial charge in [0.05, 0.1) is 5.39 Å². The third kappa shape index (κ3) is 2.27. The fourth-order valence-electron chi connectivity index (χ4n) is 2.93. The summed E-state index contributed by atoms with van der Waals surface area (Å²) < 4.78 is 1.73. The summed E-state index contributed by atoms with van der Waals surface area (Å²) in [5.41, 5.74) is 8.66. The first kappa shape index (κ1) is 15.3. The van der Waals surface area contributed by atoms with Crippen LogP contribution in [0.5, 0.6) is 0 Å². The second-order valence-electron chi connectivity index (χ2n) is 5.58. The highest BCUT2D eigenvalue weighted by atomic mass is 32.1. The summed E-state index contributed by atoms with van der Waals surface area (Å²) in [4.78, 5) is 21.7. The molecule has 4 aromatic rings. The molecular formula is C18H13N5OS. The molecule has 4 rings (SSSR count). The Hall–Kier alpha value is -3.24. The predicted molar refractivity (Wildman–Crippen MR) is 98.6 cm³/mol. The number of pyridine rings is 1. The van der Waals surface area contributed by atoms with Crippen molar-refractivity contribution in [2.45, 2.75) is 13.3 Å². The number of aryl methyl sites for hydroxylation is 1. The molecule has 0 spiro atoms. The molecule has 3 heterocycles. The standard InChI is InChI=1S/C18H13N5OS/c1-2-10-3-5-11(6-4-10)13-12(9-19)15(20)21-16-14(13)17(24)22-18-23(16)7-8-25-18/h3-8H,2H2,1H3,(H2,20,21). The quantitative estimate of drug-likeness (QED) is 0.601. The Balaban J connectivity index is 2.20. The number of hydrogen-bond donors (Lipinski definition) is 1. The highest BCUT2D eigenvalue weighted by Gasteiger charge is 2.20. The Bertz CT molecular complexity index is 1210. The fraction of sp³-hybridized carbons (Fsp3) is 0.111. The van der Waals surface area contributed by atoms with Crippen molar-refractivity contribution in [1.29, 1.82) is 5.26 Å². The van der Waals surface area contributed by atoms with Crippen molar-refractivity contribution >= 4 is 33.1 Å². The maximum Gasteiger partial charge on any atom is 0.284 e. The average molecular weight is 347 g/mol. The molecular weight excluding hydrogens is 334 g/mol. The zero-order valence-corrected chi connectivity index (χ0v) is 14.2. The van der Waals surface area contributed by atoms with Gasteiger partial charge < -0.3 is 5.73 Å². The Morgan fingerprint density at radius 1 is 1.28 bits per heavy atom. The summed E-state index contributed by atoms with van der Waals surface area (Å²) in [7, 11) is 0. The molecule has 122 valence electrons. The van der Waals surface area contributed by atoms with E-state index in [2.05, 4.69) is 23.0 Å². The van der Waals surface area contributed by atoms with Crippen LogP contribution in [0.3, 0.4) is 0 Å². The molecule has 0 aliphatic rings. The summed E-state index contributed by atoms with van der Waals surface area (Å²) in [6.45, 7) is 2.07. The molecule has 0 unspecified atom stereocenters. The van der Waals surface area contributed by atoms with Gasteiger partial charge in [-0.25, -0.2) is 4.98 Å². The first-order valence-electron chi connectivity index (χ1n) is 7.72. The summed E-state index contributed by atoms with van der Waals surface area (Å²) in [6, 6.07) is 9.85. The molecule has 0 saturated heterocycles. The van der Waals surface area contributed by atoms with Crippen LogP contribution >= 0.6 is 11.3 Å². The molecule has 0 fully saturated rings. The lowest BCUT2D eigenvalue weighted by Gasteiger charge is -2.11. The first-order chi connectivity index (χ1) is 12.1. The molecule has 0 saturated carbocycles. The number of anilines is 1. The van der Waals surface area contributed by atoms with E-state index in [4.69, 9.17) is 5.73 Å². The number of aromatic nitrogens is 3. The van der Waals surface area contributed by atoms with E-state index < -0.39 is 5.56 Å². The van der Waals surface area contributed by atoms with Crippen LogP contribution in [0.2, 0.25) is 0 Å². The van der Waals surface area contributed by atoms with Crippen molar-refractivity contribution in [3.05, 3.63) is 57.3 Å². The molecule has 3 aromatic heterocycles. The predicted octanol–water partition coefficient (Wildman–Crippen LogP) is 2.99. The van der Waals surface area contributed by atoms with Gasteiger partial charge in [-0.05, 0) is 17.5 Å². The SMILES string of the molecule is CCc1ccc(-c2c(C#N)c(N)nc3c2c(=O)nc2sccn23)cc1. The number of nitrogen functional groups attached to an aromatic ring is 1. The van der Waals surface area contributed by atoms with Crippen LogP contribution in [0, 0.1) is 11.3 Å². The van der Waals surface area contributed by atoms with Crippen LogP contribution in [-0.2, 0) is 6.42 Å². The lowest BCUT2D eigenvalue weighted by molar-refractivity contribution is 1.13. The number of rotatable bonds is 2. The lowest BCUT2D eigenvalue weighted by Crippen LogP contribution is -2.13. The highest BCUT2D eigenvalue weighted by Crippen LogP contribution is 2.32. The number of benzene rings is 1. The van der Waals surface area contributed by atoms with Gasteiger partial charge in [-0.15, -0.1) is 11.3 Å². The van der Waals surface area contributed by atoms with Crippen molar-refractivity contribution in [3.8, 4) is 17.2 Å². The summed E-state index contributed by atoms with van der Waals surface area (Å²) >= 11 is 1.34. The van der Waals surface area contributed by atoms with Gasteiger partial charge in [0.25, 0.3) is 5.56 Å². The van der Waals surface area contributed by atoms with Crippen LogP contribution in [0.1, 0.15) is 18.1 Å². The zero-order chi connectivity index (χ0) is 17.6. The largest absolute Gasteiger partial charge is 0.383 e. The van der Waals surface area contributed by atoms with E-state index in [-0.39, 0.29) is 11.4 Å². The van der Waals surface area contributed by atoms with Crippen molar-refractivity contribution in [2.24, 2.45) is 0 Å². The van der Waals surface area contributed by atoms with Crippen LogP contribution in [0.25, 0.3) is 27.1 Å². The molecule has 0 amide bonds. The smallest absolute Gasteiger partial charge is 0.284 e. The monoisotopic (exact) mass is 347 g/mol. The van der Waals surface area contributed by atoms with Gasteiger partial charge in [-0.2, -0.15) is 10.2 Å². The van der Waals surface area contributed by atoms with Crippen molar-refractivity contribution in [1.82, 2.24) is 14.4 Å². The molecule has 0 aliphatic heterocycles. The second kappa shape index (κ2) is 5.69. The highest BCUT2D eigenvalue weighted by molar-refractivity contribution is 7.15. The van der Waals surface area contributed by atoms with E-state index in [1.807, 2.05) is 29.6 Å². The third-order valence-corrected chi connectivity index (χ3v) is 4.95. The number of fused-ring (bicyclic) bond motifs is 3. The van der Waals surface area contributed by atoms with Crippen molar-refractivity contribution in [3.63, 3.8) is 0 Å². The molecule has 0 atom stereocenters. The van der Waals surface area contributed by atoms with E-state index in [9.17, 15) is 10.1 Å². The molecule has 25 heavy (non-hydrogen) atoms. The van der Waals surface area contributed by atoms with Gasteiger partial charge in [0.1, 0.15) is 17.5 Å². The van der Waals surface area contributed by atoms with Crippen LogP contribution in [0.15, 0.2) is 40.6 Å². The van der Waals surface area contributed by atoms with E-state index in [1.54, 1.807) is 10.6 Å². The average Bonchev–Trinajstić information content (AvgIpc) is 3.09. The third-order valence-electron chi connectivity index (χ3n) is 4.20. The van der Waals surface area contributed by atoms with Crippen LogP contribution in [0.4, 0.5) is 5.82 Å². The van der Waals surface area contributed by atoms with E-state index in [0.717, 1.165) is 12.0 Å². The topological polar surface area (TPSA) is 97.1 Å². The Kier molecular flexibility index (Phi) is 3.48. The van der Waals surface area contributed by atoms with Gasteiger partial charge in [0.15, 0.2) is 10.6 Å². The minimum atomic E-state index is -0.406. The second-order valence-corrected chi connectivity index (χ2v) is 6.45. The van der Waals surface area contributed by atoms with Crippen molar-refractivity contribution < 1.29 is 0 Å². The van der Waals surface area contributed by atoms with E-state index in [0.29, 0.717) is 21.6 Å². The lowest BCUT2D eigenvalue weighted by atomic mass is 9.96. The van der Waals surface area contributed by atoms with Crippen molar-refractivity contribution in [2.75, 3.05) is 5.73 Å². The molecule has 0 bridgehead atoms. The summed E-state index contributed by atoms with van der Waals surface area (Å²) in [6.07, 6.45) is 2.70. The number of nitrogens with two attached hydrogens (primary N) is 1. The Morgan fingerprint density at radius 3 is 2.72 bits per heavy atom. The van der Waals surface area contributed by atoms with Gasteiger partial charge in [-0.3, -0.25) is 9.20 Å². The van der Waals surface area contributed by atoms with E-state index in [1.165, 1.54) is 16.9 Å². The van der Waals surface area contributed by atoms with Gasteiger partial charge in [-0.1, -0.05) is 31.2 Å². The minimum Gasteiger partial charge on any atom is -0.383 e. The maximum absolute atomic E-state index is 12.7. The van der Waals surface area contributed by atoms with Crippen LogP contribution in [-0.4, -0.2) is 14.4 Å². The molecule has 6 nitrogen and oxygen atoms in total. The van der Waals surface area contributed by atoms with Gasteiger partial charge >= 0.3 is 0 Å². The zero-order valence-electron chi connectivity index (χ0n) is 13.4. The van der Waals surface area contributed by atoms with Gasteiger partial charge in [0.2, 0.25) is 0 Å². The Labute approximate surface area is 146 Å². The summed E-state index contributed by atoms with van der Waals surface area (Å²) in [5.74, 6) is 0.107. The van der Waals surface area contributed by atoms with Gasteiger partial charge in [0, 0.05) is 17.1 Å². The van der Waals surface area contributed by atoms with E-state index >= 15 is 0 Å². The minimum absolute atomic E-state index is 0.107. The van der Waals surface area contributed by atoms with Crippen LogP contribution < -0.4 is 11.3 Å². The normalized spacial score (nSPS) is 11.0. The number of nitriles is 1. The molecule has 0 radical (unpaired) electrons. The number of nitrogens with zero attached hydrogens (tertiary/aromatic N) is 4. The number of thiazole rings is 1. The maximum atomic E-state index is 12.7. The number of hydrogen-bond acceptors (Lipinski definition) is 6. The molecule has 0 aliphatic carbocycles. The summed E-state index contributed by atoms with van der Waals surface area (Å²) in [5, 5.41) is 11.7.